The van der Waals surface area contributed by atoms with Gasteiger partial charge in [0.2, 0.25) is 0 Å². The summed E-state index contributed by atoms with van der Waals surface area (Å²) in [6.07, 6.45) is 3.21. The molecule has 9 nitrogen and oxygen atoms in total. The summed E-state index contributed by atoms with van der Waals surface area (Å²) in [7, 11) is 1.00. The van der Waals surface area contributed by atoms with E-state index in [1.54, 1.807) is 11.3 Å². The summed E-state index contributed by atoms with van der Waals surface area (Å²) < 4.78 is 0.921. The van der Waals surface area contributed by atoms with E-state index in [2.05, 4.69) is 25.2 Å². The molecule has 0 unspecified atom stereocenters. The van der Waals surface area contributed by atoms with Crippen molar-refractivity contribution < 1.29 is 14.7 Å². The topological polar surface area (TPSA) is 137 Å². The van der Waals surface area contributed by atoms with Crippen molar-refractivity contribution in [3.8, 4) is 0 Å². The number of aromatic nitrogens is 3. The fourth-order valence-corrected chi connectivity index (χ4v) is 4.74. The van der Waals surface area contributed by atoms with Crippen molar-refractivity contribution in [3.05, 3.63) is 40.4 Å². The van der Waals surface area contributed by atoms with Crippen LogP contribution in [0.25, 0.3) is 10.2 Å². The number of halogens is 1. The maximum atomic E-state index is 12.4. The first-order chi connectivity index (χ1) is 16.0. The van der Waals surface area contributed by atoms with Crippen molar-refractivity contribution >= 4 is 50.5 Å². The Bertz CT molecular complexity index is 1050. The number of carbonyl (C=O) groups excluding carboxylic acids is 2. The molecule has 3 heterocycles. The molecule has 1 aliphatic heterocycles. The number of anilines is 1. The van der Waals surface area contributed by atoms with Crippen molar-refractivity contribution in [1.82, 2.24) is 20.3 Å². The number of aromatic amines is 1. The largest absolute Gasteiger partial charge is 0.400 e. The molecule has 0 bridgehead atoms. The highest BCUT2D eigenvalue weighted by atomic mass is 35.5. The van der Waals surface area contributed by atoms with Crippen molar-refractivity contribution in [1.29, 1.82) is 0 Å². The number of fused-ring (bicyclic) bond motifs is 1. The van der Waals surface area contributed by atoms with Crippen LogP contribution in [0.3, 0.4) is 0 Å². The summed E-state index contributed by atoms with van der Waals surface area (Å²) in [4.78, 5) is 37.6. The van der Waals surface area contributed by atoms with E-state index < -0.39 is 0 Å². The second-order valence-electron chi connectivity index (χ2n) is 7.16. The van der Waals surface area contributed by atoms with E-state index in [9.17, 15) is 9.59 Å². The number of H-pyrrole nitrogens is 1. The van der Waals surface area contributed by atoms with Gasteiger partial charge >= 0.3 is 0 Å². The van der Waals surface area contributed by atoms with Gasteiger partial charge in [-0.3, -0.25) is 9.59 Å². The van der Waals surface area contributed by atoms with Gasteiger partial charge in [0.05, 0.1) is 15.9 Å². The van der Waals surface area contributed by atoms with Crippen LogP contribution in [0, 0.1) is 0 Å². The summed E-state index contributed by atoms with van der Waals surface area (Å²) >= 11 is 7.56. The average molecular weight is 495 g/mol. The van der Waals surface area contributed by atoms with Gasteiger partial charge in [0.25, 0.3) is 5.91 Å². The summed E-state index contributed by atoms with van der Waals surface area (Å²) in [5, 5.41) is 11.3. The van der Waals surface area contributed by atoms with Gasteiger partial charge in [-0.15, -0.1) is 0 Å². The third-order valence-electron chi connectivity index (χ3n) is 4.96. The summed E-state index contributed by atoms with van der Waals surface area (Å²) in [5.74, 6) is 0.0347. The number of rotatable bonds is 5. The molecule has 5 N–H and O–H groups in total. The number of piperidine rings is 1. The summed E-state index contributed by atoms with van der Waals surface area (Å²) in [6.45, 7) is 6.19. The fourth-order valence-electron chi connectivity index (χ4n) is 3.39. The van der Waals surface area contributed by atoms with E-state index in [0.717, 1.165) is 66.9 Å². The molecule has 0 radical (unpaired) electrons. The maximum absolute atomic E-state index is 12.4. The first-order valence-corrected chi connectivity index (χ1v) is 12.0. The Hall–Kier alpha value is -2.53. The molecule has 0 aliphatic carbocycles. The number of benzene rings is 1. The lowest BCUT2D eigenvalue weighted by molar-refractivity contribution is 0.0921. The van der Waals surface area contributed by atoms with E-state index in [1.807, 2.05) is 32.0 Å². The molecule has 0 spiro atoms. The highest BCUT2D eigenvalue weighted by Gasteiger charge is 2.24. The molecule has 3 aromatic rings. The van der Waals surface area contributed by atoms with E-state index in [1.165, 1.54) is 0 Å². The summed E-state index contributed by atoms with van der Waals surface area (Å²) in [6, 6.07) is 5.66. The Balaban J connectivity index is 0.000000714. The smallest absolute Gasteiger partial charge is 0.287 e. The minimum atomic E-state index is -0.226. The monoisotopic (exact) mass is 494 g/mol. The Morgan fingerprint density at radius 1 is 1.33 bits per heavy atom. The normalized spacial score (nSPS) is 13.6. The van der Waals surface area contributed by atoms with Crippen LogP contribution in [0.2, 0.25) is 5.15 Å². The van der Waals surface area contributed by atoms with Gasteiger partial charge in [-0.25, -0.2) is 9.97 Å². The minimum absolute atomic E-state index is 0.0811. The number of hydrogen-bond donors (Lipinski definition) is 4. The first kappa shape index (κ1) is 26.7. The van der Waals surface area contributed by atoms with E-state index in [-0.39, 0.29) is 17.8 Å². The van der Waals surface area contributed by atoms with Crippen LogP contribution >= 0.6 is 22.9 Å². The lowest BCUT2D eigenvalue weighted by atomic mass is 10.1. The molecule has 33 heavy (non-hydrogen) atoms. The van der Waals surface area contributed by atoms with Gasteiger partial charge < -0.3 is 26.0 Å². The third-order valence-corrected chi connectivity index (χ3v) is 6.45. The zero-order chi connectivity index (χ0) is 24.4. The molecular formula is C22H31ClN6O3S. The predicted molar refractivity (Wildman–Crippen MR) is 134 cm³/mol. The molecule has 1 amide bonds. The third kappa shape index (κ3) is 6.73. The number of aliphatic hydroxyl groups is 1. The number of thiazole rings is 1. The van der Waals surface area contributed by atoms with Gasteiger partial charge in [-0.1, -0.05) is 48.9 Å². The fraction of sp³-hybridized carbons (Fsp3) is 0.455. The molecule has 1 aromatic carbocycles. The maximum Gasteiger partial charge on any atom is 0.287 e. The molecule has 11 heteroatoms. The predicted octanol–water partition coefficient (Wildman–Crippen LogP) is 3.02. The van der Waals surface area contributed by atoms with Crippen LogP contribution in [0.15, 0.2) is 18.2 Å². The van der Waals surface area contributed by atoms with Crippen LogP contribution < -0.4 is 16.0 Å². The SMILES string of the molecule is CCN.CCc1[nH]c(C(=O)NC2CCN(c3nc4cccc(C=O)c4s3)CC2)nc1Cl.CO. The van der Waals surface area contributed by atoms with Crippen LogP contribution in [0.5, 0.6) is 0 Å². The molecule has 0 saturated carbocycles. The van der Waals surface area contributed by atoms with Crippen LogP contribution in [0.1, 0.15) is 53.4 Å². The van der Waals surface area contributed by atoms with Crippen molar-refractivity contribution in [2.45, 2.75) is 39.2 Å². The van der Waals surface area contributed by atoms with Crippen LogP contribution in [0.4, 0.5) is 5.13 Å². The highest BCUT2D eigenvalue weighted by molar-refractivity contribution is 7.22. The van der Waals surface area contributed by atoms with E-state index >= 15 is 0 Å². The minimum Gasteiger partial charge on any atom is -0.400 e. The van der Waals surface area contributed by atoms with Crippen molar-refractivity contribution in [3.63, 3.8) is 0 Å². The molecule has 0 atom stereocenters. The highest BCUT2D eigenvalue weighted by Crippen LogP contribution is 2.32. The lowest BCUT2D eigenvalue weighted by Crippen LogP contribution is -2.45. The molecule has 1 saturated heterocycles. The number of aryl methyl sites for hydroxylation is 1. The Kier molecular flexibility index (Phi) is 10.7. The summed E-state index contributed by atoms with van der Waals surface area (Å²) in [5.41, 5.74) is 7.14. The Morgan fingerprint density at radius 2 is 2.00 bits per heavy atom. The molecule has 180 valence electrons. The van der Waals surface area contributed by atoms with Gasteiger partial charge in [0.15, 0.2) is 22.4 Å². The van der Waals surface area contributed by atoms with E-state index in [0.29, 0.717) is 17.1 Å². The molecule has 2 aromatic heterocycles. The number of carbonyl (C=O) groups is 2. The zero-order valence-corrected chi connectivity index (χ0v) is 20.7. The van der Waals surface area contributed by atoms with Crippen LogP contribution in [-0.2, 0) is 6.42 Å². The molecule has 1 fully saturated rings. The second-order valence-corrected chi connectivity index (χ2v) is 8.50. The van der Waals surface area contributed by atoms with Gasteiger partial charge in [0.1, 0.15) is 0 Å². The number of aliphatic hydroxyl groups excluding tert-OH is 1. The molecular weight excluding hydrogens is 464 g/mol. The lowest BCUT2D eigenvalue weighted by Gasteiger charge is -2.31. The number of nitrogens with one attached hydrogen (secondary N) is 2. The van der Waals surface area contributed by atoms with E-state index in [4.69, 9.17) is 22.4 Å². The van der Waals surface area contributed by atoms with Crippen molar-refractivity contribution in [2.24, 2.45) is 5.73 Å². The number of nitrogens with two attached hydrogens (primary N) is 1. The number of amides is 1. The van der Waals surface area contributed by atoms with Crippen molar-refractivity contribution in [2.75, 3.05) is 31.6 Å². The van der Waals surface area contributed by atoms with Crippen LogP contribution in [-0.4, -0.2) is 65.0 Å². The Labute approximate surface area is 202 Å². The first-order valence-electron chi connectivity index (χ1n) is 10.8. The molecule has 4 rings (SSSR count). The quantitative estimate of drug-likeness (QED) is 0.400. The second kappa shape index (κ2) is 13.2. The number of aldehydes is 1. The standard InChI is InChI=1S/C19H20ClN5O2S.C2H7N.CH4O/c1-2-13-16(20)24-17(22-13)18(27)21-12-6-8-25(9-7-12)19-23-14-5-3-4-11(10-26)15(14)28-19;1-2-3;1-2/h3-5,10,12H,2,6-9H2,1H3,(H,21,27)(H,22,24);2-3H2,1H3;2H,1H3. The number of imidazole rings is 1. The van der Waals surface area contributed by atoms with Gasteiger partial charge in [-0.2, -0.15) is 0 Å². The number of nitrogens with zero attached hydrogens (tertiary/aromatic N) is 3. The van der Waals surface area contributed by atoms with Gasteiger partial charge in [0, 0.05) is 31.8 Å². The Morgan fingerprint density at radius 3 is 2.58 bits per heavy atom. The zero-order valence-electron chi connectivity index (χ0n) is 19.1. The van der Waals surface area contributed by atoms with Gasteiger partial charge in [-0.05, 0) is 31.9 Å². The number of hydrogen-bond acceptors (Lipinski definition) is 8. The molecule has 1 aliphatic rings. The average Bonchev–Trinajstić information content (AvgIpc) is 3.44.